The van der Waals surface area contributed by atoms with E-state index in [1.54, 1.807) is 0 Å². The molecule has 0 aliphatic rings. The predicted molar refractivity (Wildman–Crippen MR) is 84.8 cm³/mol. The van der Waals surface area contributed by atoms with E-state index in [0.717, 1.165) is 22.1 Å². The van der Waals surface area contributed by atoms with E-state index in [2.05, 4.69) is 47.1 Å². The van der Waals surface area contributed by atoms with Crippen molar-refractivity contribution in [2.45, 2.75) is 45.7 Å². The van der Waals surface area contributed by atoms with Crippen LogP contribution in [0.4, 0.5) is 5.69 Å². The van der Waals surface area contributed by atoms with Crippen molar-refractivity contribution in [2.24, 2.45) is 0 Å². The van der Waals surface area contributed by atoms with Gasteiger partial charge in [-0.15, -0.1) is 0 Å². The highest BCUT2D eigenvalue weighted by atomic mass is 127. The molecule has 1 atom stereocenters. The van der Waals surface area contributed by atoms with Gasteiger partial charge in [-0.25, -0.2) is 0 Å². The van der Waals surface area contributed by atoms with Gasteiger partial charge in [-0.1, -0.05) is 26.0 Å². The Labute approximate surface area is 123 Å². The lowest BCUT2D eigenvalue weighted by Gasteiger charge is -2.20. The standard InChI is InChI=1S/C14H21IN2O/c1-4-11(5-2)17-14(18)10(3)16-13-9-7-6-8-12(13)15/h6-11,16H,4-5H2,1-3H3,(H,17,18). The van der Waals surface area contributed by atoms with Crippen molar-refractivity contribution in [2.75, 3.05) is 5.32 Å². The third-order valence-electron chi connectivity index (χ3n) is 2.97. The van der Waals surface area contributed by atoms with Gasteiger partial charge < -0.3 is 10.6 Å². The first-order valence-corrected chi connectivity index (χ1v) is 7.47. The molecule has 1 aromatic carbocycles. The Morgan fingerprint density at radius 1 is 1.28 bits per heavy atom. The topological polar surface area (TPSA) is 41.1 Å². The molecule has 0 aromatic heterocycles. The molecule has 1 unspecified atom stereocenters. The van der Waals surface area contributed by atoms with Gasteiger partial charge in [0.1, 0.15) is 6.04 Å². The maximum absolute atomic E-state index is 12.0. The molecule has 1 amide bonds. The summed E-state index contributed by atoms with van der Waals surface area (Å²) in [7, 11) is 0. The summed E-state index contributed by atoms with van der Waals surface area (Å²) in [5.41, 5.74) is 1.00. The van der Waals surface area contributed by atoms with Gasteiger partial charge in [-0.2, -0.15) is 0 Å². The van der Waals surface area contributed by atoms with E-state index in [4.69, 9.17) is 0 Å². The highest BCUT2D eigenvalue weighted by molar-refractivity contribution is 14.1. The van der Waals surface area contributed by atoms with Crippen LogP contribution < -0.4 is 10.6 Å². The van der Waals surface area contributed by atoms with E-state index in [0.29, 0.717) is 0 Å². The average molecular weight is 360 g/mol. The number of amides is 1. The number of anilines is 1. The molecule has 0 fully saturated rings. The molecule has 2 N–H and O–H groups in total. The quantitative estimate of drug-likeness (QED) is 0.764. The molecule has 0 aliphatic heterocycles. The summed E-state index contributed by atoms with van der Waals surface area (Å²) >= 11 is 2.26. The van der Waals surface area contributed by atoms with Crippen molar-refractivity contribution >= 4 is 34.2 Å². The minimum atomic E-state index is -0.221. The Morgan fingerprint density at radius 2 is 1.89 bits per heavy atom. The fourth-order valence-corrected chi connectivity index (χ4v) is 2.24. The molecule has 0 aliphatic carbocycles. The zero-order valence-electron chi connectivity index (χ0n) is 11.2. The summed E-state index contributed by atoms with van der Waals surface area (Å²) in [5.74, 6) is 0.0587. The third-order valence-corrected chi connectivity index (χ3v) is 3.91. The fraction of sp³-hybridized carbons (Fsp3) is 0.500. The maximum Gasteiger partial charge on any atom is 0.242 e. The molecular formula is C14H21IN2O. The largest absolute Gasteiger partial charge is 0.373 e. The molecule has 0 radical (unpaired) electrons. The molecule has 18 heavy (non-hydrogen) atoms. The number of halogens is 1. The van der Waals surface area contributed by atoms with E-state index in [1.807, 2.05) is 31.2 Å². The molecule has 1 rings (SSSR count). The summed E-state index contributed by atoms with van der Waals surface area (Å²) in [6, 6.07) is 8.02. The number of hydrogen-bond acceptors (Lipinski definition) is 2. The molecule has 0 saturated carbocycles. The van der Waals surface area contributed by atoms with E-state index < -0.39 is 0 Å². The number of para-hydroxylation sites is 1. The Morgan fingerprint density at radius 3 is 2.44 bits per heavy atom. The molecule has 0 spiro atoms. The van der Waals surface area contributed by atoms with E-state index >= 15 is 0 Å². The third kappa shape index (κ3) is 4.48. The van der Waals surface area contributed by atoms with Gasteiger partial charge in [0.15, 0.2) is 0 Å². The van der Waals surface area contributed by atoms with Gasteiger partial charge >= 0.3 is 0 Å². The van der Waals surface area contributed by atoms with E-state index in [1.165, 1.54) is 0 Å². The molecule has 3 nitrogen and oxygen atoms in total. The van der Waals surface area contributed by atoms with Gasteiger partial charge in [0.25, 0.3) is 0 Å². The number of hydrogen-bond donors (Lipinski definition) is 2. The number of nitrogens with one attached hydrogen (secondary N) is 2. The van der Waals surface area contributed by atoms with E-state index in [-0.39, 0.29) is 18.0 Å². The number of carbonyl (C=O) groups is 1. The van der Waals surface area contributed by atoms with Crippen molar-refractivity contribution in [3.05, 3.63) is 27.8 Å². The van der Waals surface area contributed by atoms with Crippen LogP contribution in [0.2, 0.25) is 0 Å². The van der Waals surface area contributed by atoms with Crippen molar-refractivity contribution in [3.63, 3.8) is 0 Å². The second-order valence-corrected chi connectivity index (χ2v) is 5.53. The second kappa shape index (κ2) is 7.61. The van der Waals surface area contributed by atoms with Crippen molar-refractivity contribution in [3.8, 4) is 0 Å². The molecule has 0 saturated heterocycles. The Balaban J connectivity index is 2.57. The lowest BCUT2D eigenvalue weighted by Crippen LogP contribution is -2.42. The first-order valence-electron chi connectivity index (χ1n) is 6.39. The second-order valence-electron chi connectivity index (χ2n) is 4.37. The fourth-order valence-electron chi connectivity index (χ4n) is 1.70. The van der Waals surface area contributed by atoms with Crippen LogP contribution in [0.5, 0.6) is 0 Å². The highest BCUT2D eigenvalue weighted by Crippen LogP contribution is 2.17. The first-order chi connectivity index (χ1) is 8.58. The normalized spacial score (nSPS) is 12.3. The summed E-state index contributed by atoms with van der Waals surface area (Å²) < 4.78 is 1.12. The van der Waals surface area contributed by atoms with Crippen molar-refractivity contribution in [1.82, 2.24) is 5.32 Å². The van der Waals surface area contributed by atoms with Gasteiger partial charge in [0, 0.05) is 15.3 Å². The summed E-state index contributed by atoms with van der Waals surface area (Å²) in [6.07, 6.45) is 1.94. The van der Waals surface area contributed by atoms with Crippen LogP contribution in [-0.2, 0) is 4.79 Å². The van der Waals surface area contributed by atoms with Crippen LogP contribution in [0.3, 0.4) is 0 Å². The highest BCUT2D eigenvalue weighted by Gasteiger charge is 2.16. The van der Waals surface area contributed by atoms with Gasteiger partial charge in [0.05, 0.1) is 0 Å². The predicted octanol–water partition coefficient (Wildman–Crippen LogP) is 3.40. The van der Waals surface area contributed by atoms with Crippen LogP contribution in [0, 0.1) is 3.57 Å². The van der Waals surface area contributed by atoms with Gasteiger partial charge in [-0.05, 0) is 54.5 Å². The van der Waals surface area contributed by atoms with Crippen molar-refractivity contribution < 1.29 is 4.79 Å². The zero-order valence-corrected chi connectivity index (χ0v) is 13.3. The summed E-state index contributed by atoms with van der Waals surface area (Å²) in [6.45, 7) is 6.07. The number of benzene rings is 1. The number of carbonyl (C=O) groups excluding carboxylic acids is 1. The zero-order chi connectivity index (χ0) is 13.5. The molecular weight excluding hydrogens is 339 g/mol. The van der Waals surface area contributed by atoms with Gasteiger partial charge in [0.2, 0.25) is 5.91 Å². The van der Waals surface area contributed by atoms with Crippen molar-refractivity contribution in [1.29, 1.82) is 0 Å². The maximum atomic E-state index is 12.0. The Hall–Kier alpha value is -0.780. The van der Waals surface area contributed by atoms with E-state index in [9.17, 15) is 4.79 Å². The SMILES string of the molecule is CCC(CC)NC(=O)C(C)Nc1ccccc1I. The lowest BCUT2D eigenvalue weighted by molar-refractivity contribution is -0.122. The van der Waals surface area contributed by atoms with Gasteiger partial charge in [-0.3, -0.25) is 4.79 Å². The lowest BCUT2D eigenvalue weighted by atomic mass is 10.1. The average Bonchev–Trinajstić information content (AvgIpc) is 2.38. The Kier molecular flexibility index (Phi) is 6.46. The minimum absolute atomic E-state index is 0.0587. The summed E-state index contributed by atoms with van der Waals surface area (Å²) in [5, 5.41) is 6.30. The first kappa shape index (κ1) is 15.3. The molecule has 0 bridgehead atoms. The smallest absolute Gasteiger partial charge is 0.242 e. The minimum Gasteiger partial charge on any atom is -0.373 e. The van der Waals surface area contributed by atoms with Crippen LogP contribution in [0.15, 0.2) is 24.3 Å². The summed E-state index contributed by atoms with van der Waals surface area (Å²) in [4.78, 5) is 12.0. The monoisotopic (exact) mass is 360 g/mol. The molecule has 100 valence electrons. The van der Waals surface area contributed by atoms with Crippen LogP contribution in [0.1, 0.15) is 33.6 Å². The van der Waals surface area contributed by atoms with Crippen LogP contribution >= 0.6 is 22.6 Å². The van der Waals surface area contributed by atoms with Crippen LogP contribution in [0.25, 0.3) is 0 Å². The number of rotatable bonds is 6. The Bertz CT molecular complexity index is 391. The molecule has 4 heteroatoms. The molecule has 0 heterocycles. The van der Waals surface area contributed by atoms with Crippen LogP contribution in [-0.4, -0.2) is 18.0 Å². The molecule has 1 aromatic rings.